The van der Waals surface area contributed by atoms with Crippen molar-refractivity contribution in [2.75, 3.05) is 0 Å². The number of amides is 2. The molecule has 8 rings (SSSR count). The number of benzene rings is 1. The Balaban J connectivity index is 0.000000162. The standard InChI is InChI=1S/C22H15N3O2S.C14H13N3S/c1-13(25-21(26)15-6-2-3-7-16(15)22(25)27)17-12-14-9-11-28-20(14)24-19(17)18-8-4-5-10-23-18;1-9(15)11-8-10-5-7-18-14(10)17-13(11)12-4-2-3-6-16-12/h2-13H,1H3;2-9H,15H2,1H3. The number of hydrogen-bond donors (Lipinski definition) is 1. The first-order valence-electron chi connectivity index (χ1n) is 14.7. The lowest BCUT2D eigenvalue weighted by Crippen LogP contribution is -2.33. The van der Waals surface area contributed by atoms with Crippen molar-refractivity contribution in [3.05, 3.63) is 130 Å². The lowest BCUT2D eigenvalue weighted by atomic mass is 10.0. The second-order valence-corrected chi connectivity index (χ2v) is 12.7. The van der Waals surface area contributed by atoms with E-state index in [9.17, 15) is 9.59 Å². The number of rotatable bonds is 5. The van der Waals surface area contributed by atoms with Gasteiger partial charge in [-0.05, 0) is 90.8 Å². The molecule has 2 N–H and O–H groups in total. The van der Waals surface area contributed by atoms with Crippen LogP contribution in [-0.2, 0) is 0 Å². The van der Waals surface area contributed by atoms with E-state index < -0.39 is 6.04 Å². The third kappa shape index (κ3) is 5.36. The molecule has 7 aromatic rings. The Hall–Kier alpha value is -5.16. The Bertz CT molecular complexity index is 2180. The Morgan fingerprint density at radius 2 is 1.13 bits per heavy atom. The molecule has 8 nitrogen and oxygen atoms in total. The molecule has 2 atom stereocenters. The van der Waals surface area contributed by atoms with Gasteiger partial charge in [0.1, 0.15) is 9.66 Å². The molecule has 0 radical (unpaired) electrons. The summed E-state index contributed by atoms with van der Waals surface area (Å²) in [6, 6.07) is 26.1. The summed E-state index contributed by atoms with van der Waals surface area (Å²) in [5.74, 6) is -0.545. The van der Waals surface area contributed by atoms with Crippen LogP contribution in [0.1, 0.15) is 57.8 Å². The number of carbonyl (C=O) groups is 2. The van der Waals surface area contributed by atoms with Gasteiger partial charge >= 0.3 is 0 Å². The van der Waals surface area contributed by atoms with Crippen molar-refractivity contribution in [2.24, 2.45) is 5.73 Å². The van der Waals surface area contributed by atoms with Crippen LogP contribution in [0.5, 0.6) is 0 Å². The van der Waals surface area contributed by atoms with E-state index in [4.69, 9.17) is 15.7 Å². The molecule has 0 aliphatic carbocycles. The molecule has 0 bridgehead atoms. The summed E-state index contributed by atoms with van der Waals surface area (Å²) in [7, 11) is 0. The number of hydrogen-bond acceptors (Lipinski definition) is 9. The Labute approximate surface area is 273 Å². The van der Waals surface area contributed by atoms with Crippen LogP contribution in [0.2, 0.25) is 0 Å². The summed E-state index contributed by atoms with van der Waals surface area (Å²) in [6.07, 6.45) is 3.49. The van der Waals surface area contributed by atoms with Gasteiger partial charge in [0.15, 0.2) is 0 Å². The van der Waals surface area contributed by atoms with Gasteiger partial charge in [0.05, 0.1) is 39.9 Å². The molecule has 0 spiro atoms. The topological polar surface area (TPSA) is 115 Å². The molecule has 1 aliphatic rings. The number of carbonyl (C=O) groups excluding carboxylic acids is 2. The van der Waals surface area contributed by atoms with Crippen LogP contribution >= 0.6 is 22.7 Å². The van der Waals surface area contributed by atoms with Crippen LogP contribution in [0.3, 0.4) is 0 Å². The van der Waals surface area contributed by atoms with Crippen molar-refractivity contribution in [2.45, 2.75) is 25.9 Å². The minimum Gasteiger partial charge on any atom is -0.324 e. The molecular weight excluding hydrogens is 613 g/mol. The van der Waals surface area contributed by atoms with E-state index in [1.807, 2.05) is 73.1 Å². The zero-order valence-corrected chi connectivity index (χ0v) is 26.6. The van der Waals surface area contributed by atoms with Crippen LogP contribution in [0.25, 0.3) is 43.2 Å². The lowest BCUT2D eigenvalue weighted by molar-refractivity contribution is 0.0595. The molecule has 0 saturated heterocycles. The summed E-state index contributed by atoms with van der Waals surface area (Å²) in [5.41, 5.74) is 12.0. The van der Waals surface area contributed by atoms with Gasteiger partial charge in [0, 0.05) is 34.8 Å². The van der Waals surface area contributed by atoms with E-state index in [2.05, 4.69) is 22.1 Å². The van der Waals surface area contributed by atoms with Gasteiger partial charge in [-0.2, -0.15) is 0 Å². The molecule has 1 aliphatic heterocycles. The first-order valence-corrected chi connectivity index (χ1v) is 16.5. The van der Waals surface area contributed by atoms with E-state index in [0.29, 0.717) is 16.8 Å². The van der Waals surface area contributed by atoms with Crippen LogP contribution in [0.15, 0.2) is 108 Å². The summed E-state index contributed by atoms with van der Waals surface area (Å²) in [5, 5.41) is 6.16. The largest absolute Gasteiger partial charge is 0.324 e. The van der Waals surface area contributed by atoms with Crippen molar-refractivity contribution in [1.29, 1.82) is 0 Å². The van der Waals surface area contributed by atoms with Gasteiger partial charge in [-0.3, -0.25) is 24.5 Å². The van der Waals surface area contributed by atoms with Crippen molar-refractivity contribution in [1.82, 2.24) is 24.8 Å². The van der Waals surface area contributed by atoms with Crippen molar-refractivity contribution in [3.63, 3.8) is 0 Å². The minimum absolute atomic E-state index is 0.0567. The second kappa shape index (κ2) is 12.3. The van der Waals surface area contributed by atoms with E-state index in [1.54, 1.807) is 59.3 Å². The van der Waals surface area contributed by atoms with Gasteiger partial charge in [0.25, 0.3) is 11.8 Å². The maximum Gasteiger partial charge on any atom is 0.262 e. The average molecular weight is 641 g/mol. The average Bonchev–Trinajstić information content (AvgIpc) is 3.82. The number of imide groups is 1. The normalized spacial score (nSPS) is 13.8. The molecule has 226 valence electrons. The molecule has 6 aromatic heterocycles. The highest BCUT2D eigenvalue weighted by atomic mass is 32.1. The zero-order chi connectivity index (χ0) is 31.8. The first-order chi connectivity index (χ1) is 22.4. The molecule has 46 heavy (non-hydrogen) atoms. The highest BCUT2D eigenvalue weighted by Gasteiger charge is 2.39. The van der Waals surface area contributed by atoms with E-state index in [0.717, 1.165) is 48.6 Å². The van der Waals surface area contributed by atoms with Crippen molar-refractivity contribution < 1.29 is 9.59 Å². The Morgan fingerprint density at radius 1 is 0.652 bits per heavy atom. The fraction of sp³-hybridized carbons (Fsp3) is 0.111. The highest BCUT2D eigenvalue weighted by Crippen LogP contribution is 2.37. The number of nitrogens with two attached hydrogens (primary N) is 1. The minimum atomic E-state index is -0.471. The van der Waals surface area contributed by atoms with Gasteiger partial charge < -0.3 is 5.73 Å². The fourth-order valence-electron chi connectivity index (χ4n) is 5.61. The van der Waals surface area contributed by atoms with E-state index in [-0.39, 0.29) is 17.9 Å². The number of fused-ring (bicyclic) bond motifs is 3. The Kier molecular flexibility index (Phi) is 7.91. The van der Waals surface area contributed by atoms with Crippen LogP contribution in [-0.4, -0.2) is 36.7 Å². The smallest absolute Gasteiger partial charge is 0.262 e. The maximum atomic E-state index is 13.0. The van der Waals surface area contributed by atoms with Gasteiger partial charge in [0.2, 0.25) is 0 Å². The highest BCUT2D eigenvalue weighted by molar-refractivity contribution is 7.17. The van der Waals surface area contributed by atoms with E-state index >= 15 is 0 Å². The molecule has 2 amide bonds. The van der Waals surface area contributed by atoms with Crippen molar-refractivity contribution >= 4 is 54.9 Å². The molecule has 1 aromatic carbocycles. The third-order valence-electron chi connectivity index (χ3n) is 7.91. The predicted octanol–water partition coefficient (Wildman–Crippen LogP) is 8.09. The molecular formula is C36H28N6O2S2. The van der Waals surface area contributed by atoms with Crippen LogP contribution in [0.4, 0.5) is 0 Å². The number of thiophene rings is 2. The number of pyridine rings is 4. The summed E-state index contributed by atoms with van der Waals surface area (Å²) in [4.78, 5) is 47.5. The van der Waals surface area contributed by atoms with Gasteiger partial charge in [-0.15, -0.1) is 22.7 Å². The maximum absolute atomic E-state index is 13.0. The van der Waals surface area contributed by atoms with Crippen LogP contribution < -0.4 is 5.73 Å². The lowest BCUT2D eigenvalue weighted by Gasteiger charge is -2.24. The summed E-state index contributed by atoms with van der Waals surface area (Å²) in [6.45, 7) is 3.84. The third-order valence-corrected chi connectivity index (χ3v) is 9.56. The first kappa shape index (κ1) is 29.5. The van der Waals surface area contributed by atoms with Crippen molar-refractivity contribution in [3.8, 4) is 22.8 Å². The summed E-state index contributed by atoms with van der Waals surface area (Å²) < 4.78 is 0. The number of aromatic nitrogens is 4. The monoisotopic (exact) mass is 640 g/mol. The number of nitrogens with zero attached hydrogens (tertiary/aromatic N) is 5. The quantitative estimate of drug-likeness (QED) is 0.189. The predicted molar refractivity (Wildman–Crippen MR) is 184 cm³/mol. The molecule has 10 heteroatoms. The van der Waals surface area contributed by atoms with E-state index in [1.165, 1.54) is 4.90 Å². The van der Waals surface area contributed by atoms with Gasteiger partial charge in [-0.1, -0.05) is 24.3 Å². The Morgan fingerprint density at radius 3 is 1.61 bits per heavy atom. The molecule has 7 heterocycles. The second-order valence-electron chi connectivity index (χ2n) is 10.9. The van der Waals surface area contributed by atoms with Crippen LogP contribution in [0, 0.1) is 0 Å². The zero-order valence-electron chi connectivity index (χ0n) is 25.0. The molecule has 0 fully saturated rings. The molecule has 0 saturated carbocycles. The van der Waals surface area contributed by atoms with Gasteiger partial charge in [-0.25, -0.2) is 9.97 Å². The summed E-state index contributed by atoms with van der Waals surface area (Å²) >= 11 is 3.19. The molecule has 2 unspecified atom stereocenters. The fourth-order valence-corrected chi connectivity index (χ4v) is 7.11. The SMILES string of the molecule is CC(N)c1cc2ccsc2nc1-c1ccccn1.CC(c1cc2ccsc2nc1-c1ccccn1)N1C(=O)c2ccccc2C1=O.